The van der Waals surface area contributed by atoms with Crippen LogP contribution in [0.4, 0.5) is 0 Å². The highest BCUT2D eigenvalue weighted by molar-refractivity contribution is 6.25. The molecular weight excluding hydrogens is 246 g/mol. The van der Waals surface area contributed by atoms with Gasteiger partial charge in [-0.1, -0.05) is 24.6 Å². The molecule has 0 unspecified atom stereocenters. The summed E-state index contributed by atoms with van der Waals surface area (Å²) < 4.78 is 7.94. The summed E-state index contributed by atoms with van der Waals surface area (Å²) in [6.45, 7) is 5.70. The van der Waals surface area contributed by atoms with E-state index in [1.54, 1.807) is 5.54 Å². The van der Waals surface area contributed by atoms with Gasteiger partial charge in [0.15, 0.2) is 0 Å². The molecular formula is C15H18ClNO. The fraction of sp³-hybridized carbons (Fsp3) is 0.333. The van der Waals surface area contributed by atoms with Crippen LogP contribution in [-0.2, 0) is 6.54 Å². The van der Waals surface area contributed by atoms with E-state index in [0.29, 0.717) is 0 Å². The number of fused-ring (bicyclic) bond motifs is 1. The van der Waals surface area contributed by atoms with Crippen molar-refractivity contribution >= 4 is 22.5 Å². The van der Waals surface area contributed by atoms with E-state index in [9.17, 15) is 0 Å². The van der Waals surface area contributed by atoms with Gasteiger partial charge in [-0.25, -0.2) is 0 Å². The SMILES string of the molecule is CCCOc1cccc2c1ccn2C/C(C)=C/Cl. The van der Waals surface area contributed by atoms with E-state index in [-0.39, 0.29) is 0 Å². The van der Waals surface area contributed by atoms with E-state index in [2.05, 4.69) is 29.8 Å². The van der Waals surface area contributed by atoms with E-state index >= 15 is 0 Å². The van der Waals surface area contributed by atoms with Gasteiger partial charge in [-0.05, 0) is 37.1 Å². The molecule has 0 fully saturated rings. The second-order valence-corrected chi connectivity index (χ2v) is 4.65. The smallest absolute Gasteiger partial charge is 0.128 e. The minimum absolute atomic E-state index is 0.755. The fourth-order valence-corrected chi connectivity index (χ4v) is 2.04. The Morgan fingerprint density at radius 1 is 1.39 bits per heavy atom. The molecule has 1 heterocycles. The van der Waals surface area contributed by atoms with Crippen LogP contribution in [0.3, 0.4) is 0 Å². The lowest BCUT2D eigenvalue weighted by Gasteiger charge is -2.08. The van der Waals surface area contributed by atoms with Gasteiger partial charge in [0, 0.05) is 23.7 Å². The maximum absolute atomic E-state index is 5.76. The molecule has 0 spiro atoms. The minimum Gasteiger partial charge on any atom is -0.493 e. The van der Waals surface area contributed by atoms with E-state index in [1.165, 1.54) is 5.52 Å². The third-order valence-corrected chi connectivity index (χ3v) is 3.21. The molecule has 3 heteroatoms. The molecule has 2 aromatic rings. The molecule has 2 nitrogen and oxygen atoms in total. The maximum Gasteiger partial charge on any atom is 0.128 e. The Morgan fingerprint density at radius 2 is 2.22 bits per heavy atom. The Bertz CT molecular complexity index is 557. The van der Waals surface area contributed by atoms with Gasteiger partial charge in [0.2, 0.25) is 0 Å². The summed E-state index contributed by atoms with van der Waals surface area (Å²) in [6, 6.07) is 8.26. The molecule has 0 N–H and O–H groups in total. The van der Waals surface area contributed by atoms with Crippen LogP contribution < -0.4 is 4.74 Å². The molecule has 1 aromatic heterocycles. The minimum atomic E-state index is 0.755. The van der Waals surface area contributed by atoms with Crippen molar-refractivity contribution in [2.45, 2.75) is 26.8 Å². The Hall–Kier alpha value is -1.41. The Morgan fingerprint density at radius 3 is 2.94 bits per heavy atom. The van der Waals surface area contributed by atoms with Crippen molar-refractivity contribution in [3.05, 3.63) is 41.6 Å². The largest absolute Gasteiger partial charge is 0.493 e. The number of nitrogens with zero attached hydrogens (tertiary/aromatic N) is 1. The molecule has 1 aromatic carbocycles. The first-order chi connectivity index (χ1) is 8.76. The highest BCUT2D eigenvalue weighted by Crippen LogP contribution is 2.27. The molecule has 0 aliphatic heterocycles. The van der Waals surface area contributed by atoms with Crippen molar-refractivity contribution in [1.82, 2.24) is 4.57 Å². The zero-order valence-electron chi connectivity index (χ0n) is 10.8. The van der Waals surface area contributed by atoms with Crippen LogP contribution in [0, 0.1) is 0 Å². The van der Waals surface area contributed by atoms with Crippen molar-refractivity contribution in [3.8, 4) is 5.75 Å². The lowest BCUT2D eigenvalue weighted by atomic mass is 10.2. The summed E-state index contributed by atoms with van der Waals surface area (Å²) in [5.74, 6) is 0.959. The molecule has 0 saturated carbocycles. The van der Waals surface area contributed by atoms with Crippen LogP contribution in [-0.4, -0.2) is 11.2 Å². The van der Waals surface area contributed by atoms with E-state index in [0.717, 1.165) is 36.3 Å². The van der Waals surface area contributed by atoms with Crippen LogP contribution >= 0.6 is 11.6 Å². The van der Waals surface area contributed by atoms with Gasteiger partial charge in [0.05, 0.1) is 12.1 Å². The lowest BCUT2D eigenvalue weighted by Crippen LogP contribution is -1.98. The van der Waals surface area contributed by atoms with E-state index < -0.39 is 0 Å². The number of halogens is 1. The molecule has 96 valence electrons. The Balaban J connectivity index is 2.35. The van der Waals surface area contributed by atoms with Gasteiger partial charge >= 0.3 is 0 Å². The standard InChI is InChI=1S/C15H18ClNO/c1-3-9-18-15-6-4-5-14-13(15)7-8-17(14)11-12(2)10-16/h4-8,10H,3,9,11H2,1-2H3/b12-10+. The maximum atomic E-state index is 5.76. The number of aromatic nitrogens is 1. The number of ether oxygens (including phenoxy) is 1. The van der Waals surface area contributed by atoms with Crippen molar-refractivity contribution in [3.63, 3.8) is 0 Å². The van der Waals surface area contributed by atoms with Crippen LogP contribution in [0.15, 0.2) is 41.6 Å². The van der Waals surface area contributed by atoms with Gasteiger partial charge in [-0.3, -0.25) is 0 Å². The van der Waals surface area contributed by atoms with E-state index in [4.69, 9.17) is 16.3 Å². The monoisotopic (exact) mass is 263 g/mol. The summed E-state index contributed by atoms with van der Waals surface area (Å²) in [6.07, 6.45) is 3.10. The molecule has 0 amide bonds. The third-order valence-electron chi connectivity index (χ3n) is 2.84. The van der Waals surface area contributed by atoms with Gasteiger partial charge in [-0.15, -0.1) is 0 Å². The molecule has 0 aliphatic carbocycles. The number of allylic oxidation sites excluding steroid dienone is 1. The third kappa shape index (κ3) is 2.70. The lowest BCUT2D eigenvalue weighted by molar-refractivity contribution is 0.321. The average Bonchev–Trinajstić information content (AvgIpc) is 2.80. The van der Waals surface area contributed by atoms with Gasteiger partial charge in [-0.2, -0.15) is 0 Å². The zero-order chi connectivity index (χ0) is 13.0. The first-order valence-electron chi connectivity index (χ1n) is 6.22. The first kappa shape index (κ1) is 13.0. The van der Waals surface area contributed by atoms with Crippen molar-refractivity contribution < 1.29 is 4.74 Å². The van der Waals surface area contributed by atoms with Crippen LogP contribution in [0.1, 0.15) is 20.3 Å². The molecule has 0 atom stereocenters. The molecule has 0 aliphatic rings. The summed E-state index contributed by atoms with van der Waals surface area (Å²) in [7, 11) is 0. The van der Waals surface area contributed by atoms with Crippen LogP contribution in [0.25, 0.3) is 10.9 Å². The summed E-state index contributed by atoms with van der Waals surface area (Å²) in [5, 5.41) is 1.16. The summed E-state index contributed by atoms with van der Waals surface area (Å²) >= 11 is 5.72. The van der Waals surface area contributed by atoms with Gasteiger partial charge in [0.25, 0.3) is 0 Å². The summed E-state index contributed by atoms with van der Waals surface area (Å²) in [5.41, 5.74) is 3.94. The average molecular weight is 264 g/mol. The number of hydrogen-bond donors (Lipinski definition) is 0. The fourth-order valence-electron chi connectivity index (χ4n) is 1.97. The Labute approximate surface area is 113 Å². The van der Waals surface area contributed by atoms with Crippen molar-refractivity contribution in [2.24, 2.45) is 0 Å². The molecule has 18 heavy (non-hydrogen) atoms. The van der Waals surface area contributed by atoms with Gasteiger partial charge in [0.1, 0.15) is 5.75 Å². The van der Waals surface area contributed by atoms with E-state index in [1.807, 2.05) is 19.1 Å². The van der Waals surface area contributed by atoms with Crippen molar-refractivity contribution in [2.75, 3.05) is 6.61 Å². The Kier molecular flexibility index (Phi) is 4.32. The second kappa shape index (κ2) is 5.96. The molecule has 0 saturated heterocycles. The predicted molar refractivity (Wildman–Crippen MR) is 77.3 cm³/mol. The quantitative estimate of drug-likeness (QED) is 0.771. The molecule has 0 bridgehead atoms. The normalized spacial score (nSPS) is 12.1. The number of hydrogen-bond acceptors (Lipinski definition) is 1. The van der Waals surface area contributed by atoms with Crippen LogP contribution in [0.2, 0.25) is 0 Å². The summed E-state index contributed by atoms with van der Waals surface area (Å²) in [4.78, 5) is 0. The molecule has 2 rings (SSSR count). The number of rotatable bonds is 5. The molecule has 0 radical (unpaired) electrons. The first-order valence-corrected chi connectivity index (χ1v) is 6.66. The zero-order valence-corrected chi connectivity index (χ0v) is 11.6. The van der Waals surface area contributed by atoms with Crippen molar-refractivity contribution in [1.29, 1.82) is 0 Å². The topological polar surface area (TPSA) is 14.2 Å². The second-order valence-electron chi connectivity index (χ2n) is 4.44. The van der Waals surface area contributed by atoms with Gasteiger partial charge < -0.3 is 9.30 Å². The highest BCUT2D eigenvalue weighted by Gasteiger charge is 2.06. The number of benzene rings is 1. The predicted octanol–water partition coefficient (Wildman–Crippen LogP) is 4.57. The highest BCUT2D eigenvalue weighted by atomic mass is 35.5. The van der Waals surface area contributed by atoms with Crippen LogP contribution in [0.5, 0.6) is 5.75 Å².